The zero-order valence-corrected chi connectivity index (χ0v) is 13.2. The second-order valence-electron chi connectivity index (χ2n) is 4.81. The van der Waals surface area contributed by atoms with Gasteiger partial charge < -0.3 is 19.3 Å². The molecule has 2 rings (SSSR count). The lowest BCUT2D eigenvalue weighted by molar-refractivity contribution is -0.153. The van der Waals surface area contributed by atoms with Gasteiger partial charge in [0.1, 0.15) is 6.61 Å². The molecule has 1 N–H and O–H groups in total. The molecule has 0 radical (unpaired) electrons. The Bertz CT molecular complexity index is 639. The SMILES string of the molecule is CCOC(=O)C(O)c1cccc(OC)c1OCc1ccccc1. The second kappa shape index (κ2) is 8.19. The lowest BCUT2D eigenvalue weighted by Gasteiger charge is -2.18. The summed E-state index contributed by atoms with van der Waals surface area (Å²) in [6, 6.07) is 14.6. The Morgan fingerprint density at radius 1 is 1.13 bits per heavy atom. The van der Waals surface area contributed by atoms with Crippen LogP contribution in [0.3, 0.4) is 0 Å². The van der Waals surface area contributed by atoms with Crippen LogP contribution in [-0.2, 0) is 16.1 Å². The molecule has 0 amide bonds. The van der Waals surface area contributed by atoms with Gasteiger partial charge in [-0.3, -0.25) is 0 Å². The van der Waals surface area contributed by atoms with E-state index in [2.05, 4.69) is 0 Å². The van der Waals surface area contributed by atoms with E-state index in [1.807, 2.05) is 30.3 Å². The van der Waals surface area contributed by atoms with Crippen LogP contribution in [0.15, 0.2) is 48.5 Å². The van der Waals surface area contributed by atoms with E-state index in [1.165, 1.54) is 7.11 Å². The molecule has 2 aromatic rings. The maximum atomic E-state index is 11.8. The lowest BCUT2D eigenvalue weighted by atomic mass is 10.1. The van der Waals surface area contributed by atoms with Crippen molar-refractivity contribution >= 4 is 5.97 Å². The summed E-state index contributed by atoms with van der Waals surface area (Å²) in [5, 5.41) is 10.2. The Morgan fingerprint density at radius 2 is 1.87 bits per heavy atom. The number of carbonyl (C=O) groups is 1. The first-order valence-corrected chi connectivity index (χ1v) is 7.35. The highest BCUT2D eigenvalue weighted by Gasteiger charge is 2.24. The van der Waals surface area contributed by atoms with Crippen molar-refractivity contribution in [3.63, 3.8) is 0 Å². The van der Waals surface area contributed by atoms with Gasteiger partial charge >= 0.3 is 5.97 Å². The van der Waals surface area contributed by atoms with Crippen molar-refractivity contribution in [2.45, 2.75) is 19.6 Å². The van der Waals surface area contributed by atoms with Gasteiger partial charge in [-0.2, -0.15) is 0 Å². The van der Waals surface area contributed by atoms with Crippen LogP contribution in [0.5, 0.6) is 11.5 Å². The molecular weight excluding hydrogens is 296 g/mol. The van der Waals surface area contributed by atoms with E-state index in [0.29, 0.717) is 23.7 Å². The average Bonchev–Trinajstić information content (AvgIpc) is 2.60. The van der Waals surface area contributed by atoms with E-state index in [-0.39, 0.29) is 6.61 Å². The zero-order valence-electron chi connectivity index (χ0n) is 13.2. The molecule has 5 heteroatoms. The molecule has 0 fully saturated rings. The van der Waals surface area contributed by atoms with Crippen LogP contribution in [-0.4, -0.2) is 24.8 Å². The fourth-order valence-electron chi connectivity index (χ4n) is 2.14. The first-order valence-electron chi connectivity index (χ1n) is 7.35. The number of hydrogen-bond acceptors (Lipinski definition) is 5. The highest BCUT2D eigenvalue weighted by Crippen LogP contribution is 2.36. The van der Waals surface area contributed by atoms with Gasteiger partial charge in [0.05, 0.1) is 13.7 Å². The summed E-state index contributed by atoms with van der Waals surface area (Å²) in [7, 11) is 1.51. The molecule has 1 atom stereocenters. The van der Waals surface area contributed by atoms with Crippen molar-refractivity contribution < 1.29 is 24.1 Å². The molecule has 122 valence electrons. The van der Waals surface area contributed by atoms with Crippen LogP contribution in [0.1, 0.15) is 24.2 Å². The highest BCUT2D eigenvalue weighted by molar-refractivity contribution is 5.77. The Morgan fingerprint density at radius 3 is 2.52 bits per heavy atom. The first kappa shape index (κ1) is 16.8. The minimum Gasteiger partial charge on any atom is -0.493 e. The van der Waals surface area contributed by atoms with Crippen molar-refractivity contribution in [3.8, 4) is 11.5 Å². The van der Waals surface area contributed by atoms with E-state index in [0.717, 1.165) is 5.56 Å². The van der Waals surface area contributed by atoms with Crippen LogP contribution in [0.25, 0.3) is 0 Å². The van der Waals surface area contributed by atoms with Crippen molar-refractivity contribution in [2.24, 2.45) is 0 Å². The molecule has 1 unspecified atom stereocenters. The normalized spacial score (nSPS) is 11.6. The molecule has 0 aliphatic heterocycles. The number of aliphatic hydroxyl groups is 1. The number of esters is 1. The van der Waals surface area contributed by atoms with Crippen LogP contribution in [0.4, 0.5) is 0 Å². The number of methoxy groups -OCH3 is 1. The molecule has 0 aliphatic rings. The Labute approximate surface area is 135 Å². The summed E-state index contributed by atoms with van der Waals surface area (Å²) in [5.41, 5.74) is 1.29. The van der Waals surface area contributed by atoms with Crippen LogP contribution in [0.2, 0.25) is 0 Å². The Kier molecular flexibility index (Phi) is 6.00. The molecule has 5 nitrogen and oxygen atoms in total. The number of para-hydroxylation sites is 1. The number of carbonyl (C=O) groups excluding carboxylic acids is 1. The average molecular weight is 316 g/mol. The molecule has 23 heavy (non-hydrogen) atoms. The van der Waals surface area contributed by atoms with Crippen molar-refractivity contribution in [2.75, 3.05) is 13.7 Å². The standard InChI is InChI=1S/C18H20O5/c1-3-22-18(20)16(19)14-10-7-11-15(21-2)17(14)23-12-13-8-5-4-6-9-13/h4-11,16,19H,3,12H2,1-2H3. The van der Waals surface area contributed by atoms with Crippen molar-refractivity contribution in [3.05, 3.63) is 59.7 Å². The molecule has 0 aliphatic carbocycles. The second-order valence-corrected chi connectivity index (χ2v) is 4.81. The molecule has 0 saturated heterocycles. The Balaban J connectivity index is 2.26. The van der Waals surface area contributed by atoms with Gasteiger partial charge in [-0.15, -0.1) is 0 Å². The summed E-state index contributed by atoms with van der Waals surface area (Å²) < 4.78 is 15.9. The zero-order chi connectivity index (χ0) is 16.7. The maximum Gasteiger partial charge on any atom is 0.339 e. The van der Waals surface area contributed by atoms with Gasteiger partial charge in [0.25, 0.3) is 0 Å². The number of benzene rings is 2. The topological polar surface area (TPSA) is 65.0 Å². The van der Waals surface area contributed by atoms with Crippen molar-refractivity contribution in [1.29, 1.82) is 0 Å². The Hall–Kier alpha value is -2.53. The minimum atomic E-state index is -1.42. The summed E-state index contributed by atoms with van der Waals surface area (Å²) in [6.07, 6.45) is -1.42. The van der Waals surface area contributed by atoms with Gasteiger partial charge in [-0.1, -0.05) is 42.5 Å². The fraction of sp³-hybridized carbons (Fsp3) is 0.278. The third-order valence-electron chi connectivity index (χ3n) is 3.26. The first-order chi connectivity index (χ1) is 11.2. The summed E-state index contributed by atoms with van der Waals surface area (Å²) in [6.45, 7) is 2.17. The minimum absolute atomic E-state index is 0.195. The lowest BCUT2D eigenvalue weighted by Crippen LogP contribution is -2.16. The molecule has 0 bridgehead atoms. The number of ether oxygens (including phenoxy) is 3. The van der Waals surface area contributed by atoms with E-state index in [9.17, 15) is 9.90 Å². The quantitative estimate of drug-likeness (QED) is 0.796. The number of aliphatic hydroxyl groups excluding tert-OH is 1. The van der Waals surface area contributed by atoms with E-state index >= 15 is 0 Å². The fourth-order valence-corrected chi connectivity index (χ4v) is 2.14. The van der Waals surface area contributed by atoms with Gasteiger partial charge in [-0.25, -0.2) is 4.79 Å². The van der Waals surface area contributed by atoms with E-state index in [1.54, 1.807) is 25.1 Å². The molecular formula is C18H20O5. The summed E-state index contributed by atoms with van der Waals surface area (Å²) in [4.78, 5) is 11.8. The predicted molar refractivity (Wildman–Crippen MR) is 85.4 cm³/mol. The van der Waals surface area contributed by atoms with Crippen molar-refractivity contribution in [1.82, 2.24) is 0 Å². The number of hydrogen-bond donors (Lipinski definition) is 1. The summed E-state index contributed by atoms with van der Waals surface area (Å²) in [5.74, 6) is 0.0616. The van der Waals surface area contributed by atoms with E-state index in [4.69, 9.17) is 14.2 Å². The number of rotatable bonds is 7. The van der Waals surface area contributed by atoms with Crippen LogP contribution in [0, 0.1) is 0 Å². The molecule has 0 spiro atoms. The highest BCUT2D eigenvalue weighted by atomic mass is 16.5. The van der Waals surface area contributed by atoms with Gasteiger partial charge in [0.15, 0.2) is 17.6 Å². The molecule has 0 aromatic heterocycles. The third kappa shape index (κ3) is 4.23. The predicted octanol–water partition coefficient (Wildman–Crippen LogP) is 2.87. The van der Waals surface area contributed by atoms with Gasteiger partial charge in [-0.05, 0) is 18.6 Å². The monoisotopic (exact) mass is 316 g/mol. The third-order valence-corrected chi connectivity index (χ3v) is 3.26. The van der Waals surface area contributed by atoms with Gasteiger partial charge in [0, 0.05) is 5.56 Å². The molecule has 0 saturated carbocycles. The van der Waals surface area contributed by atoms with Gasteiger partial charge in [0.2, 0.25) is 0 Å². The largest absolute Gasteiger partial charge is 0.493 e. The van der Waals surface area contributed by atoms with E-state index < -0.39 is 12.1 Å². The van der Waals surface area contributed by atoms with Crippen LogP contribution < -0.4 is 9.47 Å². The summed E-state index contributed by atoms with van der Waals surface area (Å²) >= 11 is 0. The molecule has 0 heterocycles. The molecule has 2 aromatic carbocycles. The maximum absolute atomic E-state index is 11.8. The van der Waals surface area contributed by atoms with Crippen LogP contribution >= 0.6 is 0 Å². The smallest absolute Gasteiger partial charge is 0.339 e.